The van der Waals surface area contributed by atoms with Crippen molar-refractivity contribution < 1.29 is 9.90 Å². The second-order valence-electron chi connectivity index (χ2n) is 6.80. The molecule has 0 aliphatic rings. The molecule has 0 aliphatic carbocycles. The molecule has 134 valence electrons. The molecule has 3 heteroatoms. The lowest BCUT2D eigenvalue weighted by molar-refractivity contribution is 0.0697. The Morgan fingerprint density at radius 1 is 0.714 bits per heavy atom. The fourth-order valence-corrected chi connectivity index (χ4v) is 3.81. The van der Waals surface area contributed by atoms with E-state index in [1.807, 2.05) is 36.4 Å². The summed E-state index contributed by atoms with van der Waals surface area (Å²) in [4.78, 5) is 11.2. The highest BCUT2D eigenvalue weighted by atomic mass is 16.4. The normalized spacial score (nSPS) is 11.1. The smallest absolute Gasteiger partial charge is 0.335 e. The average molecular weight is 363 g/mol. The van der Waals surface area contributed by atoms with Crippen LogP contribution in [0.3, 0.4) is 0 Å². The van der Waals surface area contributed by atoms with E-state index >= 15 is 0 Å². The molecule has 4 aromatic carbocycles. The van der Waals surface area contributed by atoms with Crippen molar-refractivity contribution in [3.05, 3.63) is 103 Å². The quantitative estimate of drug-likeness (QED) is 0.418. The Hall–Kier alpha value is -3.85. The molecule has 0 spiro atoms. The summed E-state index contributed by atoms with van der Waals surface area (Å²) >= 11 is 0. The highest BCUT2D eigenvalue weighted by Crippen LogP contribution is 2.35. The van der Waals surface area contributed by atoms with Crippen molar-refractivity contribution in [3.63, 3.8) is 0 Å². The van der Waals surface area contributed by atoms with Gasteiger partial charge in [0.25, 0.3) is 0 Å². The van der Waals surface area contributed by atoms with Gasteiger partial charge in [-0.25, -0.2) is 4.79 Å². The zero-order valence-corrected chi connectivity index (χ0v) is 15.0. The lowest BCUT2D eigenvalue weighted by atomic mass is 10.1. The predicted octanol–water partition coefficient (Wildman–Crippen LogP) is 6.15. The van der Waals surface area contributed by atoms with Gasteiger partial charge in [-0.15, -0.1) is 0 Å². The number of carboxylic acids is 1. The van der Waals surface area contributed by atoms with E-state index in [1.165, 1.54) is 16.2 Å². The molecule has 0 radical (unpaired) electrons. The molecule has 1 aromatic heterocycles. The molecule has 0 unspecified atom stereocenters. The fourth-order valence-electron chi connectivity index (χ4n) is 3.81. The van der Waals surface area contributed by atoms with Crippen LogP contribution in [0.1, 0.15) is 10.4 Å². The molecule has 1 N–H and O–H groups in total. The topological polar surface area (TPSA) is 42.2 Å². The van der Waals surface area contributed by atoms with Gasteiger partial charge in [-0.05, 0) is 52.7 Å². The third kappa shape index (κ3) is 2.57. The van der Waals surface area contributed by atoms with E-state index in [4.69, 9.17) is 0 Å². The minimum Gasteiger partial charge on any atom is -0.478 e. The SMILES string of the molecule is O=C(O)c1ccc(-c2cc3c4ccccc4ccc3n2-c2ccccc2)cc1. The van der Waals surface area contributed by atoms with Crippen molar-refractivity contribution in [2.75, 3.05) is 0 Å². The first-order valence-corrected chi connectivity index (χ1v) is 9.15. The van der Waals surface area contributed by atoms with Gasteiger partial charge >= 0.3 is 5.97 Å². The van der Waals surface area contributed by atoms with E-state index in [1.54, 1.807) is 12.1 Å². The highest BCUT2D eigenvalue weighted by molar-refractivity contribution is 6.09. The van der Waals surface area contributed by atoms with E-state index in [0.29, 0.717) is 0 Å². The number of para-hydroxylation sites is 1. The molecule has 0 fully saturated rings. The Labute approximate surface area is 162 Å². The number of aromatic nitrogens is 1. The van der Waals surface area contributed by atoms with Crippen molar-refractivity contribution in [3.8, 4) is 16.9 Å². The summed E-state index contributed by atoms with van der Waals surface area (Å²) in [6.07, 6.45) is 0. The number of hydrogen-bond donors (Lipinski definition) is 1. The molecule has 5 aromatic rings. The monoisotopic (exact) mass is 363 g/mol. The molecule has 5 rings (SSSR count). The lowest BCUT2D eigenvalue weighted by Crippen LogP contribution is -1.98. The van der Waals surface area contributed by atoms with Crippen LogP contribution in [0.5, 0.6) is 0 Å². The predicted molar refractivity (Wildman–Crippen MR) is 113 cm³/mol. The molecule has 0 atom stereocenters. The van der Waals surface area contributed by atoms with Crippen LogP contribution in [0.25, 0.3) is 38.6 Å². The first kappa shape index (κ1) is 16.3. The summed E-state index contributed by atoms with van der Waals surface area (Å²) in [5, 5.41) is 12.8. The van der Waals surface area contributed by atoms with E-state index in [9.17, 15) is 9.90 Å². The van der Waals surface area contributed by atoms with Crippen LogP contribution < -0.4 is 0 Å². The van der Waals surface area contributed by atoms with Crippen LogP contribution in [0.4, 0.5) is 0 Å². The number of rotatable bonds is 3. The van der Waals surface area contributed by atoms with Crippen LogP contribution in [0, 0.1) is 0 Å². The number of benzene rings is 4. The molecule has 1 heterocycles. The standard InChI is InChI=1S/C25H17NO2/c27-25(28)19-12-10-18(11-13-19)24-16-22-21-9-5-4-6-17(21)14-15-23(22)26(24)20-7-2-1-3-8-20/h1-16H,(H,27,28). The summed E-state index contributed by atoms with van der Waals surface area (Å²) in [6.45, 7) is 0. The number of nitrogens with zero attached hydrogens (tertiary/aromatic N) is 1. The summed E-state index contributed by atoms with van der Waals surface area (Å²) in [7, 11) is 0. The van der Waals surface area contributed by atoms with Gasteiger partial charge in [-0.1, -0.05) is 60.7 Å². The summed E-state index contributed by atoms with van der Waals surface area (Å²) < 4.78 is 2.23. The molecular weight excluding hydrogens is 346 g/mol. The average Bonchev–Trinajstić information content (AvgIpc) is 3.14. The third-order valence-electron chi connectivity index (χ3n) is 5.15. The van der Waals surface area contributed by atoms with Crippen LogP contribution in [-0.4, -0.2) is 15.6 Å². The number of fused-ring (bicyclic) bond motifs is 3. The van der Waals surface area contributed by atoms with Gasteiger partial charge in [-0.2, -0.15) is 0 Å². The van der Waals surface area contributed by atoms with Gasteiger partial charge in [0.15, 0.2) is 0 Å². The Kier molecular flexibility index (Phi) is 3.73. The molecule has 0 amide bonds. The van der Waals surface area contributed by atoms with Gasteiger partial charge < -0.3 is 9.67 Å². The highest BCUT2D eigenvalue weighted by Gasteiger charge is 2.15. The maximum atomic E-state index is 11.2. The summed E-state index contributed by atoms with van der Waals surface area (Å²) in [5.74, 6) is -0.916. The number of aromatic carboxylic acids is 1. The zero-order valence-electron chi connectivity index (χ0n) is 15.0. The second-order valence-corrected chi connectivity index (χ2v) is 6.80. The van der Waals surface area contributed by atoms with Crippen LogP contribution >= 0.6 is 0 Å². The van der Waals surface area contributed by atoms with Crippen LogP contribution in [-0.2, 0) is 0 Å². The van der Waals surface area contributed by atoms with Crippen LogP contribution in [0.15, 0.2) is 97.1 Å². The molecule has 0 bridgehead atoms. The van der Waals surface area contributed by atoms with Crippen molar-refractivity contribution >= 4 is 27.6 Å². The van der Waals surface area contributed by atoms with Gasteiger partial charge in [0.2, 0.25) is 0 Å². The number of carboxylic acid groups (broad SMARTS) is 1. The molecule has 0 saturated carbocycles. The minimum atomic E-state index is -0.916. The Balaban J connectivity index is 1.84. The molecule has 3 nitrogen and oxygen atoms in total. The van der Waals surface area contributed by atoms with E-state index in [-0.39, 0.29) is 5.56 Å². The van der Waals surface area contributed by atoms with E-state index in [2.05, 4.69) is 53.1 Å². The first-order valence-electron chi connectivity index (χ1n) is 9.15. The zero-order chi connectivity index (χ0) is 19.1. The van der Waals surface area contributed by atoms with Crippen molar-refractivity contribution in [2.45, 2.75) is 0 Å². The molecule has 0 aliphatic heterocycles. The van der Waals surface area contributed by atoms with Crippen molar-refractivity contribution in [1.29, 1.82) is 0 Å². The number of carbonyl (C=O) groups is 1. The van der Waals surface area contributed by atoms with Crippen molar-refractivity contribution in [1.82, 2.24) is 4.57 Å². The Morgan fingerprint density at radius 3 is 2.18 bits per heavy atom. The van der Waals surface area contributed by atoms with Gasteiger partial charge in [-0.3, -0.25) is 0 Å². The Morgan fingerprint density at radius 2 is 1.43 bits per heavy atom. The summed E-state index contributed by atoms with van der Waals surface area (Å²) in [5.41, 5.74) is 4.51. The molecule has 28 heavy (non-hydrogen) atoms. The Bertz CT molecular complexity index is 1320. The van der Waals surface area contributed by atoms with Crippen molar-refractivity contribution in [2.24, 2.45) is 0 Å². The van der Waals surface area contributed by atoms with Crippen LogP contribution in [0.2, 0.25) is 0 Å². The van der Waals surface area contributed by atoms with Gasteiger partial charge in [0.1, 0.15) is 0 Å². The van der Waals surface area contributed by atoms with E-state index in [0.717, 1.165) is 22.5 Å². The molecule has 0 saturated heterocycles. The number of hydrogen-bond acceptors (Lipinski definition) is 1. The maximum Gasteiger partial charge on any atom is 0.335 e. The van der Waals surface area contributed by atoms with Gasteiger partial charge in [0, 0.05) is 11.1 Å². The largest absolute Gasteiger partial charge is 0.478 e. The lowest BCUT2D eigenvalue weighted by Gasteiger charge is -2.11. The van der Waals surface area contributed by atoms with Gasteiger partial charge in [0.05, 0.1) is 16.8 Å². The van der Waals surface area contributed by atoms with E-state index < -0.39 is 5.97 Å². The summed E-state index contributed by atoms with van der Waals surface area (Å²) in [6, 6.07) is 32.2. The maximum absolute atomic E-state index is 11.2. The first-order chi connectivity index (χ1) is 13.7. The third-order valence-corrected chi connectivity index (χ3v) is 5.15. The fraction of sp³-hybridized carbons (Fsp3) is 0. The second kappa shape index (κ2) is 6.39. The molecular formula is C25H17NO2. The minimum absolute atomic E-state index is 0.288.